The third kappa shape index (κ3) is 4.61. The first kappa shape index (κ1) is 28.1. The van der Waals surface area contributed by atoms with Crippen LogP contribution in [-0.2, 0) is 6.54 Å². The van der Waals surface area contributed by atoms with E-state index >= 15 is 0 Å². The monoisotopic (exact) mass is 605 g/mol. The van der Waals surface area contributed by atoms with Crippen LogP contribution in [0.2, 0.25) is 0 Å². The zero-order chi connectivity index (χ0) is 30.9. The lowest BCUT2D eigenvalue weighted by molar-refractivity contribution is 0.827. The van der Waals surface area contributed by atoms with E-state index < -0.39 is 8.07 Å². The second kappa shape index (κ2) is 11.8. The summed E-state index contributed by atoms with van der Waals surface area (Å²) in [6.07, 6.45) is 0. The molecule has 0 saturated carbocycles. The fourth-order valence-corrected chi connectivity index (χ4v) is 12.2. The van der Waals surface area contributed by atoms with Crippen molar-refractivity contribution in [2.75, 3.05) is 0 Å². The molecule has 0 spiro atoms. The molecule has 0 bridgehead atoms. The van der Waals surface area contributed by atoms with Gasteiger partial charge in [0.2, 0.25) is 0 Å². The maximum absolute atomic E-state index is 2.61. The number of hydrogen-bond donors (Lipinski definition) is 0. The maximum Gasteiger partial charge on any atom is 0.179 e. The van der Waals surface area contributed by atoms with E-state index in [-0.39, 0.29) is 0 Å². The van der Waals surface area contributed by atoms with Crippen LogP contribution in [0.5, 0.6) is 0 Å². The van der Waals surface area contributed by atoms with Gasteiger partial charge in [0.1, 0.15) is 0 Å². The minimum atomic E-state index is -2.61. The summed E-state index contributed by atoms with van der Waals surface area (Å²) in [7, 11) is -2.61. The van der Waals surface area contributed by atoms with Crippen molar-refractivity contribution in [3.8, 4) is 22.3 Å². The fourth-order valence-electron chi connectivity index (χ4n) is 7.43. The van der Waals surface area contributed by atoms with Gasteiger partial charge in [-0.25, -0.2) is 0 Å². The molecule has 1 heterocycles. The number of aromatic nitrogens is 1. The average molecular weight is 606 g/mol. The molecule has 0 aliphatic heterocycles. The number of aryl methyl sites for hydroxylation is 1. The van der Waals surface area contributed by atoms with Gasteiger partial charge in [0, 0.05) is 28.4 Å². The van der Waals surface area contributed by atoms with Crippen LogP contribution in [-0.4, -0.2) is 12.6 Å². The molecule has 0 amide bonds. The molecular formula is C44H35NSi. The summed E-state index contributed by atoms with van der Waals surface area (Å²) in [4.78, 5) is 0. The van der Waals surface area contributed by atoms with Gasteiger partial charge in [0.25, 0.3) is 0 Å². The number of benzene rings is 7. The van der Waals surface area contributed by atoms with Crippen LogP contribution in [0.3, 0.4) is 0 Å². The van der Waals surface area contributed by atoms with Crippen LogP contribution in [0.4, 0.5) is 0 Å². The second-order valence-electron chi connectivity index (χ2n) is 12.0. The predicted molar refractivity (Wildman–Crippen MR) is 200 cm³/mol. The van der Waals surface area contributed by atoms with Gasteiger partial charge in [-0.3, -0.25) is 0 Å². The zero-order valence-electron chi connectivity index (χ0n) is 26.0. The number of nitrogens with zero attached hydrogens (tertiary/aromatic N) is 1. The molecule has 0 aliphatic carbocycles. The molecule has 0 unspecified atom stereocenters. The molecule has 0 atom stereocenters. The lowest BCUT2D eigenvalue weighted by Gasteiger charge is -2.34. The van der Waals surface area contributed by atoms with Crippen LogP contribution in [0.25, 0.3) is 44.1 Å². The molecular weight excluding hydrogens is 571 g/mol. The molecule has 0 aliphatic rings. The van der Waals surface area contributed by atoms with E-state index in [0.717, 1.165) is 6.54 Å². The highest BCUT2D eigenvalue weighted by Crippen LogP contribution is 2.35. The minimum Gasteiger partial charge on any atom is -0.341 e. The van der Waals surface area contributed by atoms with Crippen molar-refractivity contribution in [1.29, 1.82) is 0 Å². The van der Waals surface area contributed by atoms with Crippen molar-refractivity contribution in [1.82, 2.24) is 4.57 Å². The lowest BCUT2D eigenvalue weighted by atomic mass is 10.0. The van der Waals surface area contributed by atoms with Gasteiger partial charge >= 0.3 is 0 Å². The first-order chi connectivity index (χ1) is 22.8. The van der Waals surface area contributed by atoms with Crippen LogP contribution < -0.4 is 20.7 Å². The van der Waals surface area contributed by atoms with E-state index in [4.69, 9.17) is 0 Å². The highest BCUT2D eigenvalue weighted by atomic mass is 28.3. The zero-order valence-corrected chi connectivity index (χ0v) is 27.0. The summed E-state index contributed by atoms with van der Waals surface area (Å²) >= 11 is 0. The quantitative estimate of drug-likeness (QED) is 0.127. The van der Waals surface area contributed by atoms with Crippen LogP contribution >= 0.6 is 0 Å². The van der Waals surface area contributed by atoms with Crippen LogP contribution in [0.1, 0.15) is 6.92 Å². The molecule has 1 nitrogen and oxygen atoms in total. The van der Waals surface area contributed by atoms with Gasteiger partial charge in [-0.2, -0.15) is 0 Å². The maximum atomic E-state index is 2.47. The van der Waals surface area contributed by atoms with E-state index in [1.165, 1.54) is 64.8 Å². The molecule has 1 aromatic heterocycles. The van der Waals surface area contributed by atoms with E-state index in [0.29, 0.717) is 0 Å². The summed E-state index contributed by atoms with van der Waals surface area (Å²) in [5, 5.41) is 8.16. The van der Waals surface area contributed by atoms with E-state index in [1.54, 1.807) is 0 Å². The molecule has 220 valence electrons. The number of hydrogen-bond acceptors (Lipinski definition) is 0. The summed E-state index contributed by atoms with van der Waals surface area (Å²) < 4.78 is 2.44. The minimum absolute atomic E-state index is 0.929. The Balaban J connectivity index is 1.35. The molecule has 8 rings (SSSR count). The Morgan fingerprint density at radius 1 is 0.370 bits per heavy atom. The van der Waals surface area contributed by atoms with Crippen molar-refractivity contribution in [2.24, 2.45) is 0 Å². The topological polar surface area (TPSA) is 4.93 Å². The number of fused-ring (bicyclic) bond motifs is 3. The van der Waals surface area contributed by atoms with Gasteiger partial charge in [-0.05, 0) is 74.2 Å². The Morgan fingerprint density at radius 3 is 1.24 bits per heavy atom. The van der Waals surface area contributed by atoms with Crippen molar-refractivity contribution in [3.05, 3.63) is 182 Å². The summed E-state index contributed by atoms with van der Waals surface area (Å²) in [5.41, 5.74) is 7.55. The highest BCUT2D eigenvalue weighted by Gasteiger charge is 2.41. The van der Waals surface area contributed by atoms with Crippen molar-refractivity contribution >= 4 is 50.6 Å². The van der Waals surface area contributed by atoms with Gasteiger partial charge in [0.15, 0.2) is 8.07 Å². The van der Waals surface area contributed by atoms with Gasteiger partial charge in [-0.15, -0.1) is 0 Å². The third-order valence-corrected chi connectivity index (χ3v) is 14.3. The summed E-state index contributed by atoms with van der Waals surface area (Å²) in [5.74, 6) is 0. The molecule has 7 aromatic carbocycles. The fraction of sp³-hybridized carbons (Fsp3) is 0.0455. The standard InChI is InChI=1S/C44H35NSi/c1-2-45-43-28-26-35(33-16-7-3-8-17-33)31-41(43)42-32-36(27-29-44(42)45)34-18-15-25-40(30-34)46(37-19-9-4-10-20-37,38-21-11-5-12-22-38)39-23-13-6-14-24-39/h3-32H,2H2,1H3. The first-order valence-electron chi connectivity index (χ1n) is 16.2. The first-order valence-corrected chi connectivity index (χ1v) is 18.2. The van der Waals surface area contributed by atoms with Crippen molar-refractivity contribution in [2.45, 2.75) is 13.5 Å². The van der Waals surface area contributed by atoms with E-state index in [1.807, 2.05) is 0 Å². The Bertz CT molecular complexity index is 2170. The Kier molecular flexibility index (Phi) is 7.21. The smallest absolute Gasteiger partial charge is 0.179 e. The number of rotatable bonds is 7. The van der Waals surface area contributed by atoms with Crippen molar-refractivity contribution in [3.63, 3.8) is 0 Å². The Morgan fingerprint density at radius 2 is 0.761 bits per heavy atom. The van der Waals surface area contributed by atoms with Gasteiger partial charge in [-0.1, -0.05) is 158 Å². The van der Waals surface area contributed by atoms with E-state index in [9.17, 15) is 0 Å². The van der Waals surface area contributed by atoms with Crippen LogP contribution in [0, 0.1) is 0 Å². The average Bonchev–Trinajstić information content (AvgIpc) is 3.46. The second-order valence-corrected chi connectivity index (χ2v) is 15.8. The predicted octanol–water partition coefficient (Wildman–Crippen LogP) is 8.53. The Hall–Kier alpha value is -5.44. The Labute approximate surface area is 272 Å². The third-order valence-electron chi connectivity index (χ3n) is 9.54. The molecule has 2 heteroatoms. The summed E-state index contributed by atoms with van der Waals surface area (Å²) in [6.45, 7) is 3.17. The molecule has 0 radical (unpaired) electrons. The summed E-state index contributed by atoms with van der Waals surface area (Å²) in [6, 6.07) is 67.5. The molecule has 46 heavy (non-hydrogen) atoms. The normalized spacial score (nSPS) is 11.7. The SMILES string of the molecule is CCn1c2ccc(-c3ccccc3)cc2c2cc(-c3cccc([Si](c4ccccc4)(c4ccccc4)c4ccccc4)c3)ccc21. The molecule has 8 aromatic rings. The highest BCUT2D eigenvalue weighted by molar-refractivity contribution is 7.19. The molecule has 0 fully saturated rings. The largest absolute Gasteiger partial charge is 0.341 e. The molecule has 0 N–H and O–H groups in total. The van der Waals surface area contributed by atoms with Crippen molar-refractivity contribution < 1.29 is 0 Å². The molecule has 0 saturated heterocycles. The van der Waals surface area contributed by atoms with E-state index in [2.05, 4.69) is 193 Å². The van der Waals surface area contributed by atoms with Crippen LogP contribution in [0.15, 0.2) is 182 Å². The lowest BCUT2D eigenvalue weighted by Crippen LogP contribution is -2.74. The van der Waals surface area contributed by atoms with Gasteiger partial charge in [0.05, 0.1) is 0 Å². The van der Waals surface area contributed by atoms with Gasteiger partial charge < -0.3 is 4.57 Å².